The maximum absolute atomic E-state index is 11.2. The second-order valence-electron chi connectivity index (χ2n) is 2.92. The molecule has 0 aromatic heterocycles. The number of hydrogen-bond acceptors (Lipinski definition) is 3. The summed E-state index contributed by atoms with van der Waals surface area (Å²) in [6, 6.07) is 0. The molecule has 13 heavy (non-hydrogen) atoms. The van der Waals surface area contributed by atoms with Gasteiger partial charge in [-0.1, -0.05) is 0 Å². The van der Waals surface area contributed by atoms with E-state index in [-0.39, 0.29) is 0 Å². The van der Waals surface area contributed by atoms with Gasteiger partial charge in [0.05, 0.1) is 0 Å². The summed E-state index contributed by atoms with van der Waals surface area (Å²) in [4.78, 5) is 31.8. The number of carbonyl (C=O) groups is 3. The van der Waals surface area contributed by atoms with Crippen LogP contribution in [0.3, 0.4) is 0 Å². The largest absolute Gasteiger partial charge is 0.298 e. The molecule has 0 saturated carbocycles. The first-order valence-corrected chi connectivity index (χ1v) is 4.21. The maximum Gasteiger partial charge on any atom is 0.253 e. The fourth-order valence-electron chi connectivity index (χ4n) is 1.46. The fraction of sp³-hybridized carbons (Fsp3) is 0.444. The fourth-order valence-corrected chi connectivity index (χ4v) is 1.46. The molecule has 1 N–H and O–H groups in total. The van der Waals surface area contributed by atoms with Crippen LogP contribution in [0, 0.1) is 0 Å². The molecule has 2 amide bonds. The van der Waals surface area contributed by atoms with Crippen molar-refractivity contribution in [3.05, 3.63) is 11.1 Å². The quantitative estimate of drug-likeness (QED) is 0.638. The highest BCUT2D eigenvalue weighted by molar-refractivity contribution is 6.03. The van der Waals surface area contributed by atoms with Gasteiger partial charge in [0, 0.05) is 11.1 Å². The average molecular weight is 181 g/mol. The minimum atomic E-state index is -0.434. The Morgan fingerprint density at radius 3 is 2.54 bits per heavy atom. The Morgan fingerprint density at radius 1 is 1.23 bits per heavy atom. The van der Waals surface area contributed by atoms with E-state index in [4.69, 9.17) is 0 Å². The summed E-state index contributed by atoms with van der Waals surface area (Å²) in [5, 5.41) is 2.04. The van der Waals surface area contributed by atoms with Gasteiger partial charge < -0.3 is 0 Å². The molecule has 0 aromatic rings. The third-order valence-corrected chi connectivity index (χ3v) is 2.12. The summed E-state index contributed by atoms with van der Waals surface area (Å²) >= 11 is 0. The summed E-state index contributed by atoms with van der Waals surface area (Å²) in [5.74, 6) is -0.434. The lowest BCUT2D eigenvalue weighted by atomic mass is 9.92. The molecular formula is C9H11NO3. The van der Waals surface area contributed by atoms with E-state index in [1.54, 1.807) is 0 Å². The number of imide groups is 1. The van der Waals surface area contributed by atoms with Crippen molar-refractivity contribution in [3.8, 4) is 0 Å². The molecule has 0 aromatic carbocycles. The Kier molecular flexibility index (Phi) is 3.37. The highest BCUT2D eigenvalue weighted by atomic mass is 16.2. The van der Waals surface area contributed by atoms with E-state index in [9.17, 15) is 14.4 Å². The first-order chi connectivity index (χ1) is 6.29. The van der Waals surface area contributed by atoms with Crippen molar-refractivity contribution in [3.63, 3.8) is 0 Å². The van der Waals surface area contributed by atoms with Crippen molar-refractivity contribution in [1.82, 2.24) is 5.32 Å². The molecule has 0 spiro atoms. The van der Waals surface area contributed by atoms with Crippen molar-refractivity contribution in [2.24, 2.45) is 0 Å². The van der Waals surface area contributed by atoms with Crippen LogP contribution < -0.4 is 5.32 Å². The summed E-state index contributed by atoms with van der Waals surface area (Å²) < 4.78 is 0. The predicted octanol–water partition coefficient (Wildman–Crippen LogP) is 0.328. The smallest absolute Gasteiger partial charge is 0.253 e. The minimum Gasteiger partial charge on any atom is -0.298 e. The lowest BCUT2D eigenvalue weighted by Crippen LogP contribution is -2.25. The Hall–Kier alpha value is -1.45. The number of carbonyl (C=O) groups excluding carboxylic acids is 3. The molecule has 1 aliphatic rings. The molecule has 1 aliphatic carbocycles. The van der Waals surface area contributed by atoms with E-state index in [2.05, 4.69) is 0 Å². The van der Waals surface area contributed by atoms with Crippen LogP contribution in [0.15, 0.2) is 11.1 Å². The average Bonchev–Trinajstić information content (AvgIpc) is 2.18. The standard InChI is InChI=1S/C9H11NO3/c11-5-7-3-1-2-4-8(7)9(13)10-6-12/h5-6H,1-4H2,(H,10,12,13). The topological polar surface area (TPSA) is 63.2 Å². The Labute approximate surface area is 76.0 Å². The molecular weight excluding hydrogens is 170 g/mol. The Morgan fingerprint density at radius 2 is 1.92 bits per heavy atom. The molecule has 0 aliphatic heterocycles. The van der Waals surface area contributed by atoms with Crippen LogP contribution in [0.25, 0.3) is 0 Å². The number of amides is 2. The zero-order valence-corrected chi connectivity index (χ0v) is 7.21. The molecule has 0 heterocycles. The highest BCUT2D eigenvalue weighted by Crippen LogP contribution is 2.23. The lowest BCUT2D eigenvalue weighted by molar-refractivity contribution is -0.123. The highest BCUT2D eigenvalue weighted by Gasteiger charge is 2.17. The van der Waals surface area contributed by atoms with Crippen molar-refractivity contribution in [2.45, 2.75) is 25.7 Å². The number of nitrogens with one attached hydrogen (secondary N) is 1. The van der Waals surface area contributed by atoms with Crippen LogP contribution in [0.4, 0.5) is 0 Å². The normalized spacial score (nSPS) is 16.6. The predicted molar refractivity (Wildman–Crippen MR) is 45.8 cm³/mol. The van der Waals surface area contributed by atoms with Gasteiger partial charge in [-0.3, -0.25) is 19.7 Å². The number of hydrogen-bond donors (Lipinski definition) is 1. The summed E-state index contributed by atoms with van der Waals surface area (Å²) in [6.45, 7) is 0. The third-order valence-electron chi connectivity index (χ3n) is 2.12. The number of aldehydes is 1. The van der Waals surface area contributed by atoms with Crippen molar-refractivity contribution in [1.29, 1.82) is 0 Å². The maximum atomic E-state index is 11.2. The SMILES string of the molecule is O=CNC(=O)C1=C(C=O)CCCC1. The van der Waals surface area contributed by atoms with Gasteiger partial charge in [-0.05, 0) is 25.7 Å². The molecule has 0 unspecified atom stereocenters. The lowest BCUT2D eigenvalue weighted by Gasteiger charge is -2.14. The molecule has 0 radical (unpaired) electrons. The second-order valence-corrected chi connectivity index (χ2v) is 2.92. The van der Waals surface area contributed by atoms with Crippen LogP contribution in [-0.4, -0.2) is 18.6 Å². The third kappa shape index (κ3) is 2.24. The minimum absolute atomic E-state index is 0.340. The van der Waals surface area contributed by atoms with Crippen LogP contribution in [0.2, 0.25) is 0 Å². The van der Waals surface area contributed by atoms with Gasteiger partial charge in [0.1, 0.15) is 6.29 Å². The number of rotatable bonds is 3. The van der Waals surface area contributed by atoms with Gasteiger partial charge in [-0.25, -0.2) is 0 Å². The summed E-state index contributed by atoms with van der Waals surface area (Å²) in [5.41, 5.74) is 0.999. The van der Waals surface area contributed by atoms with Crippen LogP contribution in [-0.2, 0) is 14.4 Å². The molecule has 4 nitrogen and oxygen atoms in total. The van der Waals surface area contributed by atoms with Gasteiger partial charge in [-0.2, -0.15) is 0 Å². The monoisotopic (exact) mass is 181 g/mol. The summed E-state index contributed by atoms with van der Waals surface area (Å²) in [6.07, 6.45) is 4.12. The molecule has 1 rings (SSSR count). The van der Waals surface area contributed by atoms with Crippen molar-refractivity contribution < 1.29 is 14.4 Å². The van der Waals surface area contributed by atoms with Gasteiger partial charge in [0.25, 0.3) is 5.91 Å². The van der Waals surface area contributed by atoms with Crippen LogP contribution in [0.5, 0.6) is 0 Å². The Balaban J connectivity index is 2.83. The van der Waals surface area contributed by atoms with Crippen LogP contribution in [0.1, 0.15) is 25.7 Å². The van der Waals surface area contributed by atoms with Crippen molar-refractivity contribution >= 4 is 18.6 Å². The Bertz CT molecular complexity index is 268. The van der Waals surface area contributed by atoms with E-state index in [0.29, 0.717) is 36.7 Å². The van der Waals surface area contributed by atoms with E-state index in [1.165, 1.54) is 0 Å². The number of allylic oxidation sites excluding steroid dienone is 1. The molecule has 70 valence electrons. The zero-order valence-electron chi connectivity index (χ0n) is 7.21. The van der Waals surface area contributed by atoms with Gasteiger partial charge in [0.2, 0.25) is 6.41 Å². The van der Waals surface area contributed by atoms with Crippen molar-refractivity contribution in [2.75, 3.05) is 0 Å². The van der Waals surface area contributed by atoms with E-state index >= 15 is 0 Å². The molecule has 0 saturated heterocycles. The molecule has 0 fully saturated rings. The van der Waals surface area contributed by atoms with Gasteiger partial charge >= 0.3 is 0 Å². The van der Waals surface area contributed by atoms with E-state index in [1.807, 2.05) is 5.32 Å². The zero-order chi connectivity index (χ0) is 9.68. The van der Waals surface area contributed by atoms with Crippen LogP contribution >= 0.6 is 0 Å². The summed E-state index contributed by atoms with van der Waals surface area (Å²) in [7, 11) is 0. The molecule has 4 heteroatoms. The second kappa shape index (κ2) is 4.54. The molecule has 0 bridgehead atoms. The first kappa shape index (κ1) is 9.64. The van der Waals surface area contributed by atoms with Gasteiger partial charge in [0.15, 0.2) is 0 Å². The molecule has 0 atom stereocenters. The van der Waals surface area contributed by atoms with E-state index < -0.39 is 5.91 Å². The van der Waals surface area contributed by atoms with E-state index in [0.717, 1.165) is 12.8 Å². The van der Waals surface area contributed by atoms with Gasteiger partial charge in [-0.15, -0.1) is 0 Å². The first-order valence-electron chi connectivity index (χ1n) is 4.21.